The first-order valence-corrected chi connectivity index (χ1v) is 9.83. The fraction of sp³-hybridized carbons (Fsp3) is 0.0769. The molecule has 0 radical (unpaired) electrons. The number of nitrogen functional groups attached to an aromatic ring is 1. The smallest absolute Gasteiger partial charge is 0.261 e. The lowest BCUT2D eigenvalue weighted by atomic mass is 10.0. The minimum Gasteiger partial charge on any atom is -0.398 e. The predicted octanol–water partition coefficient (Wildman–Crippen LogP) is 4.88. The van der Waals surface area contributed by atoms with Crippen molar-refractivity contribution in [2.45, 2.75) is 12.5 Å². The zero-order chi connectivity index (χ0) is 20.9. The van der Waals surface area contributed by atoms with Gasteiger partial charge in [-0.25, -0.2) is 0 Å². The van der Waals surface area contributed by atoms with E-state index in [-0.39, 0.29) is 5.91 Å². The van der Waals surface area contributed by atoms with Crippen LogP contribution in [0.4, 0.5) is 11.4 Å². The van der Waals surface area contributed by atoms with Crippen LogP contribution in [0.3, 0.4) is 0 Å². The van der Waals surface area contributed by atoms with Crippen LogP contribution in [0.25, 0.3) is 10.8 Å². The lowest BCUT2D eigenvalue weighted by molar-refractivity contribution is -0.108. The fourth-order valence-electron chi connectivity index (χ4n) is 3.66. The number of amides is 1. The molecule has 0 aliphatic rings. The van der Waals surface area contributed by atoms with E-state index in [0.29, 0.717) is 23.4 Å². The minimum atomic E-state index is -0.666. The third-order valence-electron chi connectivity index (χ3n) is 5.20. The van der Waals surface area contributed by atoms with Crippen molar-refractivity contribution >= 4 is 34.3 Å². The van der Waals surface area contributed by atoms with Crippen molar-refractivity contribution in [3.05, 3.63) is 108 Å². The lowest BCUT2D eigenvalue weighted by Gasteiger charge is -2.29. The summed E-state index contributed by atoms with van der Waals surface area (Å²) in [5, 5.41) is 2.07. The minimum absolute atomic E-state index is 0.295. The van der Waals surface area contributed by atoms with Gasteiger partial charge in [-0.1, -0.05) is 72.8 Å². The number of para-hydroxylation sites is 1. The van der Waals surface area contributed by atoms with Gasteiger partial charge in [0, 0.05) is 17.8 Å². The number of carbonyl (C=O) groups is 2. The summed E-state index contributed by atoms with van der Waals surface area (Å²) in [6, 6.07) is 29.7. The largest absolute Gasteiger partial charge is 0.398 e. The molecule has 4 rings (SSSR count). The number of nitrogens with zero attached hydrogens (tertiary/aromatic N) is 1. The summed E-state index contributed by atoms with van der Waals surface area (Å²) in [6.45, 7) is 0. The molecule has 0 aliphatic carbocycles. The van der Waals surface area contributed by atoms with E-state index in [1.807, 2.05) is 72.8 Å². The number of benzene rings is 4. The van der Waals surface area contributed by atoms with Gasteiger partial charge in [0.2, 0.25) is 0 Å². The van der Waals surface area contributed by atoms with Crippen molar-refractivity contribution in [3.8, 4) is 0 Å². The lowest BCUT2D eigenvalue weighted by Crippen LogP contribution is -2.43. The average Bonchev–Trinajstić information content (AvgIpc) is 2.79. The first-order valence-electron chi connectivity index (χ1n) is 9.83. The molecule has 0 saturated carbocycles. The van der Waals surface area contributed by atoms with E-state index < -0.39 is 6.04 Å². The molecule has 0 saturated heterocycles. The van der Waals surface area contributed by atoms with Crippen molar-refractivity contribution in [2.24, 2.45) is 0 Å². The van der Waals surface area contributed by atoms with Crippen molar-refractivity contribution in [1.29, 1.82) is 0 Å². The second kappa shape index (κ2) is 8.62. The van der Waals surface area contributed by atoms with Gasteiger partial charge in [-0.3, -0.25) is 9.69 Å². The molecule has 4 nitrogen and oxygen atoms in total. The summed E-state index contributed by atoms with van der Waals surface area (Å²) in [7, 11) is 0. The molecule has 0 aliphatic heterocycles. The van der Waals surface area contributed by atoms with Crippen LogP contribution in [0.1, 0.15) is 15.9 Å². The Bertz CT molecular complexity index is 1190. The van der Waals surface area contributed by atoms with Crippen LogP contribution in [0.5, 0.6) is 0 Å². The Balaban J connectivity index is 1.81. The zero-order valence-corrected chi connectivity index (χ0v) is 16.4. The van der Waals surface area contributed by atoms with Gasteiger partial charge in [0.05, 0.1) is 11.6 Å². The van der Waals surface area contributed by atoms with E-state index in [0.717, 1.165) is 22.6 Å². The van der Waals surface area contributed by atoms with Gasteiger partial charge in [0.25, 0.3) is 5.91 Å². The Labute approximate surface area is 175 Å². The highest BCUT2D eigenvalue weighted by molar-refractivity contribution is 6.11. The Morgan fingerprint density at radius 2 is 1.50 bits per heavy atom. The van der Waals surface area contributed by atoms with Crippen LogP contribution in [0.15, 0.2) is 97.1 Å². The van der Waals surface area contributed by atoms with Crippen molar-refractivity contribution in [2.75, 3.05) is 10.6 Å². The molecular formula is C26H22N2O2. The van der Waals surface area contributed by atoms with Crippen LogP contribution in [-0.2, 0) is 11.2 Å². The van der Waals surface area contributed by atoms with Crippen LogP contribution in [0, 0.1) is 0 Å². The van der Waals surface area contributed by atoms with Gasteiger partial charge in [-0.05, 0) is 40.6 Å². The van der Waals surface area contributed by atoms with Gasteiger partial charge in [0.1, 0.15) is 6.29 Å². The third kappa shape index (κ3) is 3.94. The molecule has 0 heterocycles. The van der Waals surface area contributed by atoms with Gasteiger partial charge in [0.15, 0.2) is 0 Å². The Hall–Kier alpha value is -3.92. The molecule has 148 valence electrons. The molecule has 2 N–H and O–H groups in total. The van der Waals surface area contributed by atoms with Crippen LogP contribution < -0.4 is 10.6 Å². The molecule has 0 aromatic heterocycles. The summed E-state index contributed by atoms with van der Waals surface area (Å²) in [5.74, 6) is -0.295. The number of fused-ring (bicyclic) bond motifs is 1. The predicted molar refractivity (Wildman–Crippen MR) is 122 cm³/mol. The highest BCUT2D eigenvalue weighted by Crippen LogP contribution is 2.27. The molecule has 4 heteroatoms. The highest BCUT2D eigenvalue weighted by atomic mass is 16.2. The molecule has 30 heavy (non-hydrogen) atoms. The van der Waals surface area contributed by atoms with E-state index in [2.05, 4.69) is 0 Å². The highest BCUT2D eigenvalue weighted by Gasteiger charge is 2.27. The van der Waals surface area contributed by atoms with Gasteiger partial charge in [-0.15, -0.1) is 0 Å². The van der Waals surface area contributed by atoms with Crippen molar-refractivity contribution in [3.63, 3.8) is 0 Å². The normalized spacial score (nSPS) is 11.7. The van der Waals surface area contributed by atoms with Gasteiger partial charge < -0.3 is 10.5 Å². The first kappa shape index (κ1) is 19.4. The van der Waals surface area contributed by atoms with Crippen LogP contribution in [0.2, 0.25) is 0 Å². The summed E-state index contributed by atoms with van der Waals surface area (Å²) in [4.78, 5) is 27.3. The number of carbonyl (C=O) groups excluding carboxylic acids is 2. The Morgan fingerprint density at radius 3 is 2.23 bits per heavy atom. The van der Waals surface area contributed by atoms with Crippen molar-refractivity contribution in [1.82, 2.24) is 0 Å². The van der Waals surface area contributed by atoms with Crippen LogP contribution in [-0.4, -0.2) is 18.2 Å². The SMILES string of the molecule is Nc1ccccc1C(=O)N(c1ccc2ccccc2c1)C(C=O)Cc1ccccc1. The maximum atomic E-state index is 13.6. The average molecular weight is 394 g/mol. The molecule has 4 aromatic rings. The molecule has 0 bridgehead atoms. The van der Waals surface area contributed by atoms with E-state index >= 15 is 0 Å². The molecular weight excluding hydrogens is 372 g/mol. The number of rotatable bonds is 6. The molecule has 1 atom stereocenters. The van der Waals surface area contributed by atoms with E-state index in [9.17, 15) is 9.59 Å². The van der Waals surface area contributed by atoms with Crippen molar-refractivity contribution < 1.29 is 9.59 Å². The Morgan fingerprint density at radius 1 is 0.833 bits per heavy atom. The zero-order valence-electron chi connectivity index (χ0n) is 16.4. The first-order chi connectivity index (χ1) is 14.7. The number of nitrogens with two attached hydrogens (primary N) is 1. The van der Waals surface area contributed by atoms with E-state index in [1.54, 1.807) is 29.2 Å². The maximum absolute atomic E-state index is 13.6. The van der Waals surface area contributed by atoms with E-state index in [1.165, 1.54) is 0 Å². The molecule has 4 aromatic carbocycles. The molecule has 0 spiro atoms. The maximum Gasteiger partial charge on any atom is 0.261 e. The molecule has 1 unspecified atom stereocenters. The summed E-state index contributed by atoms with van der Waals surface area (Å²) in [5.41, 5.74) is 8.50. The van der Waals surface area contributed by atoms with Gasteiger partial charge in [-0.2, -0.15) is 0 Å². The van der Waals surface area contributed by atoms with E-state index in [4.69, 9.17) is 5.73 Å². The summed E-state index contributed by atoms with van der Waals surface area (Å²) in [6.07, 6.45) is 1.24. The topological polar surface area (TPSA) is 63.4 Å². The second-order valence-electron chi connectivity index (χ2n) is 7.19. The molecule has 1 amide bonds. The third-order valence-corrected chi connectivity index (χ3v) is 5.20. The number of hydrogen-bond acceptors (Lipinski definition) is 3. The monoisotopic (exact) mass is 394 g/mol. The standard InChI is InChI=1S/C26H22N2O2/c27-25-13-7-6-12-24(25)26(30)28(23(18-29)16-19-8-2-1-3-9-19)22-15-14-20-10-4-5-11-21(20)17-22/h1-15,17-18,23H,16,27H2. The quantitative estimate of drug-likeness (QED) is 0.374. The number of anilines is 2. The second-order valence-corrected chi connectivity index (χ2v) is 7.19. The van der Waals surface area contributed by atoms with Crippen LogP contribution >= 0.6 is 0 Å². The number of hydrogen-bond donors (Lipinski definition) is 1. The van der Waals surface area contributed by atoms with Gasteiger partial charge >= 0.3 is 0 Å². The number of aldehydes is 1. The summed E-state index contributed by atoms with van der Waals surface area (Å²) >= 11 is 0. The summed E-state index contributed by atoms with van der Waals surface area (Å²) < 4.78 is 0. The Kier molecular flexibility index (Phi) is 5.57. The fourth-order valence-corrected chi connectivity index (χ4v) is 3.66. The molecule has 0 fully saturated rings.